The van der Waals surface area contributed by atoms with Crippen LogP contribution in [0.15, 0.2) is 42.5 Å². The third-order valence-corrected chi connectivity index (χ3v) is 6.18. The third kappa shape index (κ3) is 2.90. The number of amides is 3. The molecule has 1 unspecified atom stereocenters. The molecule has 1 atom stereocenters. The topological polar surface area (TPSA) is 103 Å². The maximum Gasteiger partial charge on any atom is 0.261 e. The van der Waals surface area contributed by atoms with E-state index in [-0.39, 0.29) is 24.3 Å². The minimum Gasteiger partial charge on any atom is -0.358 e. The van der Waals surface area contributed by atoms with E-state index < -0.39 is 5.91 Å². The molecular formula is C23H21N3O4. The van der Waals surface area contributed by atoms with Crippen LogP contribution in [0.2, 0.25) is 0 Å². The number of hydrogen-bond donors (Lipinski definition) is 3. The van der Waals surface area contributed by atoms with Gasteiger partial charge in [0.2, 0.25) is 5.91 Å². The van der Waals surface area contributed by atoms with Crippen molar-refractivity contribution in [2.75, 3.05) is 0 Å². The number of hydrogen-bond acceptors (Lipinski definition) is 4. The van der Waals surface area contributed by atoms with Gasteiger partial charge >= 0.3 is 0 Å². The van der Waals surface area contributed by atoms with Crippen molar-refractivity contribution in [3.05, 3.63) is 70.4 Å². The zero-order chi connectivity index (χ0) is 20.8. The Morgan fingerprint density at radius 2 is 1.87 bits per heavy atom. The fourth-order valence-corrected chi connectivity index (χ4v) is 4.68. The van der Waals surface area contributed by atoms with Crippen LogP contribution in [0.4, 0.5) is 0 Å². The highest BCUT2D eigenvalue weighted by atomic mass is 16.5. The average Bonchev–Trinajstić information content (AvgIpc) is 3.26. The zero-order valence-electron chi connectivity index (χ0n) is 16.3. The van der Waals surface area contributed by atoms with E-state index in [9.17, 15) is 14.4 Å². The van der Waals surface area contributed by atoms with Crippen molar-refractivity contribution >= 4 is 28.6 Å². The predicted molar refractivity (Wildman–Crippen MR) is 109 cm³/mol. The number of imide groups is 1. The standard InChI is InChI=1S/C23H21N3O4/c27-21(25-30)10-6-13-5-8-19-17(11-13)18-12-14(7-9-20(18)24-19)26-22(28)15-3-1-2-4-16(15)23(26)29/h1-5,8,11,14,24,30H,6-7,9-10,12H2,(H,25,27). The summed E-state index contributed by atoms with van der Waals surface area (Å²) in [6.07, 6.45) is 2.83. The Bertz CT molecular complexity index is 1160. The van der Waals surface area contributed by atoms with Crippen LogP contribution in [0.3, 0.4) is 0 Å². The number of hydroxylamine groups is 1. The lowest BCUT2D eigenvalue weighted by Crippen LogP contribution is -2.43. The SMILES string of the molecule is O=C(CCc1ccc2[nH]c3c(c2c1)CC(N1C(=O)c2ccccc2C1=O)CC3)NO. The molecule has 0 spiro atoms. The number of benzene rings is 2. The van der Waals surface area contributed by atoms with Gasteiger partial charge in [0.1, 0.15) is 0 Å². The normalized spacial score (nSPS) is 17.9. The molecule has 2 aliphatic rings. The van der Waals surface area contributed by atoms with E-state index in [1.807, 2.05) is 12.1 Å². The largest absolute Gasteiger partial charge is 0.358 e. The maximum atomic E-state index is 12.9. The Kier molecular flexibility index (Phi) is 4.40. The molecule has 152 valence electrons. The van der Waals surface area contributed by atoms with Crippen LogP contribution in [0.1, 0.15) is 50.4 Å². The Morgan fingerprint density at radius 1 is 1.13 bits per heavy atom. The molecule has 5 rings (SSSR count). The van der Waals surface area contributed by atoms with Gasteiger partial charge in [0.25, 0.3) is 11.8 Å². The Hall–Kier alpha value is -3.45. The van der Waals surface area contributed by atoms with Gasteiger partial charge in [-0.2, -0.15) is 0 Å². The molecule has 3 amide bonds. The molecule has 0 fully saturated rings. The number of aromatic nitrogens is 1. The summed E-state index contributed by atoms with van der Waals surface area (Å²) in [7, 11) is 0. The van der Waals surface area contributed by atoms with Crippen molar-refractivity contribution in [3.63, 3.8) is 0 Å². The maximum absolute atomic E-state index is 12.9. The molecule has 1 aliphatic heterocycles. The van der Waals surface area contributed by atoms with Crippen LogP contribution < -0.4 is 5.48 Å². The monoisotopic (exact) mass is 403 g/mol. The summed E-state index contributed by atoms with van der Waals surface area (Å²) in [4.78, 5) is 42.0. The fraction of sp³-hybridized carbons (Fsp3) is 0.261. The average molecular weight is 403 g/mol. The molecule has 3 N–H and O–H groups in total. The first kappa shape index (κ1) is 18.6. The second-order valence-corrected chi connectivity index (χ2v) is 7.92. The van der Waals surface area contributed by atoms with E-state index in [0.29, 0.717) is 24.0 Å². The Labute approximate surface area is 172 Å². The molecule has 0 saturated carbocycles. The van der Waals surface area contributed by atoms with Crippen molar-refractivity contribution in [1.82, 2.24) is 15.4 Å². The van der Waals surface area contributed by atoms with E-state index in [2.05, 4.69) is 11.1 Å². The highest BCUT2D eigenvalue weighted by Crippen LogP contribution is 2.35. The lowest BCUT2D eigenvalue weighted by atomic mass is 9.90. The number of rotatable bonds is 4. The Morgan fingerprint density at radius 3 is 2.57 bits per heavy atom. The van der Waals surface area contributed by atoms with Gasteiger partial charge in [-0.3, -0.25) is 24.5 Å². The molecule has 30 heavy (non-hydrogen) atoms. The van der Waals surface area contributed by atoms with E-state index in [1.165, 1.54) is 4.90 Å². The second-order valence-electron chi connectivity index (χ2n) is 7.92. The van der Waals surface area contributed by atoms with Crippen LogP contribution in [0.25, 0.3) is 10.9 Å². The molecule has 3 aromatic rings. The summed E-state index contributed by atoms with van der Waals surface area (Å²) < 4.78 is 0. The van der Waals surface area contributed by atoms with Crippen molar-refractivity contribution < 1.29 is 19.6 Å². The van der Waals surface area contributed by atoms with E-state index in [1.54, 1.807) is 29.7 Å². The number of fused-ring (bicyclic) bond motifs is 4. The summed E-state index contributed by atoms with van der Waals surface area (Å²) in [5.74, 6) is -0.837. The quantitative estimate of drug-likeness (QED) is 0.354. The molecule has 7 heteroatoms. The van der Waals surface area contributed by atoms with Crippen LogP contribution in [0.5, 0.6) is 0 Å². The molecule has 0 radical (unpaired) electrons. The number of carbonyl (C=O) groups excluding carboxylic acids is 3. The minimum atomic E-state index is -0.420. The van der Waals surface area contributed by atoms with Gasteiger partial charge in [-0.05, 0) is 61.1 Å². The van der Waals surface area contributed by atoms with Crippen LogP contribution in [0, 0.1) is 0 Å². The predicted octanol–water partition coefficient (Wildman–Crippen LogP) is 2.76. The van der Waals surface area contributed by atoms with Crippen molar-refractivity contribution in [3.8, 4) is 0 Å². The third-order valence-electron chi connectivity index (χ3n) is 6.18. The van der Waals surface area contributed by atoms with Gasteiger partial charge in [0.15, 0.2) is 0 Å². The van der Waals surface area contributed by atoms with Gasteiger partial charge in [0.05, 0.1) is 11.1 Å². The first-order valence-electron chi connectivity index (χ1n) is 10.1. The number of nitrogens with one attached hydrogen (secondary N) is 2. The number of nitrogens with zero attached hydrogens (tertiary/aromatic N) is 1. The smallest absolute Gasteiger partial charge is 0.261 e. The van der Waals surface area contributed by atoms with Crippen LogP contribution >= 0.6 is 0 Å². The van der Waals surface area contributed by atoms with Gasteiger partial charge in [-0.15, -0.1) is 0 Å². The lowest BCUT2D eigenvalue weighted by molar-refractivity contribution is -0.129. The van der Waals surface area contributed by atoms with Crippen molar-refractivity contribution in [2.45, 2.75) is 38.1 Å². The molecule has 1 aromatic heterocycles. The molecule has 2 heterocycles. The molecule has 1 aliphatic carbocycles. The molecule has 0 bridgehead atoms. The summed E-state index contributed by atoms with van der Waals surface area (Å²) in [6.45, 7) is 0. The summed E-state index contributed by atoms with van der Waals surface area (Å²) in [6, 6.07) is 12.8. The van der Waals surface area contributed by atoms with Crippen LogP contribution in [-0.4, -0.2) is 38.9 Å². The summed E-state index contributed by atoms with van der Waals surface area (Å²) >= 11 is 0. The first-order valence-corrected chi connectivity index (χ1v) is 10.1. The van der Waals surface area contributed by atoms with Gasteiger partial charge in [-0.25, -0.2) is 5.48 Å². The minimum absolute atomic E-state index is 0.173. The molecule has 2 aromatic carbocycles. The molecule has 7 nitrogen and oxygen atoms in total. The second kappa shape index (κ2) is 7.11. The highest BCUT2D eigenvalue weighted by molar-refractivity contribution is 6.21. The van der Waals surface area contributed by atoms with E-state index in [4.69, 9.17) is 5.21 Å². The lowest BCUT2D eigenvalue weighted by Gasteiger charge is -2.29. The highest BCUT2D eigenvalue weighted by Gasteiger charge is 2.41. The zero-order valence-corrected chi connectivity index (χ0v) is 16.3. The number of aromatic amines is 1. The van der Waals surface area contributed by atoms with E-state index in [0.717, 1.165) is 40.6 Å². The fourth-order valence-electron chi connectivity index (χ4n) is 4.68. The first-order chi connectivity index (χ1) is 14.6. The summed E-state index contributed by atoms with van der Waals surface area (Å²) in [5, 5.41) is 9.75. The van der Waals surface area contributed by atoms with Crippen LogP contribution in [-0.2, 0) is 24.1 Å². The van der Waals surface area contributed by atoms with Gasteiger partial charge in [-0.1, -0.05) is 18.2 Å². The number of carbonyl (C=O) groups is 3. The Balaban J connectivity index is 1.44. The van der Waals surface area contributed by atoms with E-state index >= 15 is 0 Å². The number of H-pyrrole nitrogens is 1. The van der Waals surface area contributed by atoms with Crippen molar-refractivity contribution in [2.24, 2.45) is 0 Å². The summed E-state index contributed by atoms with van der Waals surface area (Å²) in [5.41, 5.74) is 6.90. The molecule has 0 saturated heterocycles. The van der Waals surface area contributed by atoms with Gasteiger partial charge < -0.3 is 4.98 Å². The van der Waals surface area contributed by atoms with Gasteiger partial charge in [0, 0.05) is 29.1 Å². The molecular weight excluding hydrogens is 382 g/mol. The van der Waals surface area contributed by atoms with Crippen molar-refractivity contribution in [1.29, 1.82) is 0 Å². The number of aryl methyl sites for hydroxylation is 2.